The highest BCUT2D eigenvalue weighted by Gasteiger charge is 2.45. The Kier molecular flexibility index (Phi) is 6.54. The van der Waals surface area contributed by atoms with E-state index in [1.807, 2.05) is 41.5 Å². The summed E-state index contributed by atoms with van der Waals surface area (Å²) in [6.45, 7) is 12.2. The number of hydrogen-bond acceptors (Lipinski definition) is 5. The Morgan fingerprint density at radius 3 is 2.31 bits per heavy atom. The SMILES string of the molecule is CC(C)(C)C(=O)C1CC(=O)NC(C2CN(C(=O)C(C)(C)C)CCN2C(=O)c2ccco2)C1. The third-order valence-electron chi connectivity index (χ3n) is 6.23. The number of carbonyl (C=O) groups is 4. The van der Waals surface area contributed by atoms with E-state index in [1.165, 1.54) is 6.26 Å². The van der Waals surface area contributed by atoms with Crippen LogP contribution in [0.15, 0.2) is 22.8 Å². The molecular weight excluding hydrogens is 410 g/mol. The highest BCUT2D eigenvalue weighted by Crippen LogP contribution is 2.31. The first-order valence-corrected chi connectivity index (χ1v) is 11.3. The zero-order valence-electron chi connectivity index (χ0n) is 19.9. The van der Waals surface area contributed by atoms with Crippen LogP contribution in [0.4, 0.5) is 0 Å². The van der Waals surface area contributed by atoms with Crippen molar-refractivity contribution in [3.8, 4) is 0 Å². The predicted molar refractivity (Wildman–Crippen MR) is 119 cm³/mol. The van der Waals surface area contributed by atoms with Gasteiger partial charge >= 0.3 is 0 Å². The Morgan fingerprint density at radius 1 is 1.06 bits per heavy atom. The molecule has 8 heteroatoms. The number of piperidine rings is 1. The van der Waals surface area contributed by atoms with Crippen molar-refractivity contribution in [2.75, 3.05) is 19.6 Å². The van der Waals surface area contributed by atoms with Crippen LogP contribution in [-0.4, -0.2) is 65.0 Å². The maximum Gasteiger partial charge on any atom is 0.289 e. The molecule has 2 aliphatic heterocycles. The Morgan fingerprint density at radius 2 is 1.75 bits per heavy atom. The maximum absolute atomic E-state index is 13.2. The predicted octanol–water partition coefficient (Wildman–Crippen LogP) is 2.49. The molecule has 8 nitrogen and oxygen atoms in total. The smallest absolute Gasteiger partial charge is 0.289 e. The highest BCUT2D eigenvalue weighted by molar-refractivity contribution is 5.93. The summed E-state index contributed by atoms with van der Waals surface area (Å²) in [5, 5.41) is 3.00. The minimum Gasteiger partial charge on any atom is -0.459 e. The van der Waals surface area contributed by atoms with Gasteiger partial charge in [0, 0.05) is 42.8 Å². The topological polar surface area (TPSA) is 99.9 Å². The number of amides is 3. The molecule has 2 fully saturated rings. The molecule has 0 aromatic carbocycles. The number of nitrogens with zero attached hydrogens (tertiary/aromatic N) is 2. The van der Waals surface area contributed by atoms with Gasteiger partial charge in [-0.2, -0.15) is 0 Å². The van der Waals surface area contributed by atoms with E-state index in [2.05, 4.69) is 5.32 Å². The number of Topliss-reactive ketones (excluding diaryl/α,β-unsaturated/α-hetero) is 1. The van der Waals surface area contributed by atoms with Gasteiger partial charge in [0.15, 0.2) is 5.76 Å². The molecule has 2 saturated heterocycles. The quantitative estimate of drug-likeness (QED) is 0.771. The van der Waals surface area contributed by atoms with Gasteiger partial charge in [0.25, 0.3) is 5.91 Å². The molecule has 1 aromatic rings. The molecule has 3 atom stereocenters. The van der Waals surface area contributed by atoms with E-state index in [0.29, 0.717) is 26.1 Å². The van der Waals surface area contributed by atoms with Gasteiger partial charge in [0.2, 0.25) is 11.8 Å². The van der Waals surface area contributed by atoms with Gasteiger partial charge in [-0.1, -0.05) is 41.5 Å². The summed E-state index contributed by atoms with van der Waals surface area (Å²) in [6, 6.07) is 2.38. The van der Waals surface area contributed by atoms with Crippen LogP contribution in [0.2, 0.25) is 0 Å². The largest absolute Gasteiger partial charge is 0.459 e. The fourth-order valence-electron chi connectivity index (χ4n) is 4.61. The number of hydrogen-bond donors (Lipinski definition) is 1. The fourth-order valence-corrected chi connectivity index (χ4v) is 4.61. The monoisotopic (exact) mass is 445 g/mol. The molecule has 0 spiro atoms. The summed E-state index contributed by atoms with van der Waals surface area (Å²) in [6.07, 6.45) is 2.03. The van der Waals surface area contributed by atoms with Crippen LogP contribution >= 0.6 is 0 Å². The minimum atomic E-state index is -0.558. The lowest BCUT2D eigenvalue weighted by Gasteiger charge is -2.47. The zero-order valence-corrected chi connectivity index (χ0v) is 19.9. The van der Waals surface area contributed by atoms with Crippen molar-refractivity contribution >= 4 is 23.5 Å². The summed E-state index contributed by atoms with van der Waals surface area (Å²) in [7, 11) is 0. The van der Waals surface area contributed by atoms with Crippen LogP contribution in [0.3, 0.4) is 0 Å². The van der Waals surface area contributed by atoms with E-state index in [1.54, 1.807) is 21.9 Å². The van der Waals surface area contributed by atoms with Crippen molar-refractivity contribution < 1.29 is 23.6 Å². The average Bonchev–Trinajstić information content (AvgIpc) is 3.24. The van der Waals surface area contributed by atoms with Crippen LogP contribution in [0.5, 0.6) is 0 Å². The van der Waals surface area contributed by atoms with Gasteiger partial charge in [0.05, 0.1) is 18.3 Å². The normalized spacial score (nSPS) is 24.8. The van der Waals surface area contributed by atoms with Crippen molar-refractivity contribution in [3.63, 3.8) is 0 Å². The van der Waals surface area contributed by atoms with E-state index in [9.17, 15) is 19.2 Å². The van der Waals surface area contributed by atoms with Crippen molar-refractivity contribution in [3.05, 3.63) is 24.2 Å². The first kappa shape index (κ1) is 24.0. The molecule has 0 saturated carbocycles. The third kappa shape index (κ3) is 5.05. The maximum atomic E-state index is 13.2. The van der Waals surface area contributed by atoms with Crippen molar-refractivity contribution in [1.29, 1.82) is 0 Å². The zero-order chi connectivity index (χ0) is 23.8. The van der Waals surface area contributed by atoms with Gasteiger partial charge in [-0.3, -0.25) is 19.2 Å². The Labute approximate surface area is 189 Å². The number of piperazine rings is 1. The van der Waals surface area contributed by atoms with Crippen molar-refractivity contribution in [2.45, 2.75) is 66.5 Å². The molecule has 0 bridgehead atoms. The number of rotatable bonds is 3. The second kappa shape index (κ2) is 8.71. The van der Waals surface area contributed by atoms with Crippen LogP contribution in [0.1, 0.15) is 64.9 Å². The van der Waals surface area contributed by atoms with Gasteiger partial charge < -0.3 is 19.5 Å². The fraction of sp³-hybridized carbons (Fsp3) is 0.667. The molecule has 32 heavy (non-hydrogen) atoms. The van der Waals surface area contributed by atoms with Crippen LogP contribution < -0.4 is 5.32 Å². The Balaban J connectivity index is 1.90. The molecule has 0 aliphatic carbocycles. The molecule has 3 unspecified atom stereocenters. The van der Waals surface area contributed by atoms with E-state index in [0.717, 1.165) is 0 Å². The molecule has 3 amide bonds. The minimum absolute atomic E-state index is 0.00273. The average molecular weight is 446 g/mol. The second-order valence-corrected chi connectivity index (χ2v) is 11.0. The van der Waals surface area contributed by atoms with E-state index in [-0.39, 0.29) is 35.7 Å². The third-order valence-corrected chi connectivity index (χ3v) is 6.23. The Bertz CT molecular complexity index is 878. The van der Waals surface area contributed by atoms with Crippen LogP contribution in [-0.2, 0) is 14.4 Å². The molecule has 1 N–H and O–H groups in total. The molecule has 3 heterocycles. The standard InChI is InChI=1S/C24H35N3O5/c1-23(2,3)20(29)15-12-16(25-19(28)13-15)17-14-26(22(31)24(4,5)6)9-10-27(17)21(30)18-8-7-11-32-18/h7-8,11,15-17H,9-10,12-14H2,1-6H3,(H,25,28). The lowest BCUT2D eigenvalue weighted by molar-refractivity contribution is -0.143. The van der Waals surface area contributed by atoms with E-state index >= 15 is 0 Å². The number of furan rings is 1. The number of carbonyl (C=O) groups excluding carboxylic acids is 4. The van der Waals surface area contributed by atoms with E-state index < -0.39 is 28.8 Å². The lowest BCUT2D eigenvalue weighted by atomic mass is 9.76. The molecule has 1 aromatic heterocycles. The molecule has 0 radical (unpaired) electrons. The van der Waals surface area contributed by atoms with Crippen LogP contribution in [0.25, 0.3) is 0 Å². The van der Waals surface area contributed by atoms with Gasteiger partial charge in [0.1, 0.15) is 5.78 Å². The highest BCUT2D eigenvalue weighted by atomic mass is 16.3. The van der Waals surface area contributed by atoms with Gasteiger partial charge in [-0.05, 0) is 18.6 Å². The summed E-state index contributed by atoms with van der Waals surface area (Å²) in [5.41, 5.74) is -1.12. The molecule has 176 valence electrons. The van der Waals surface area contributed by atoms with Gasteiger partial charge in [-0.15, -0.1) is 0 Å². The first-order valence-electron chi connectivity index (χ1n) is 11.3. The molecule has 2 aliphatic rings. The first-order chi connectivity index (χ1) is 14.8. The lowest BCUT2D eigenvalue weighted by Crippen LogP contribution is -2.66. The number of ketones is 1. The molecule has 3 rings (SSSR count). The van der Waals surface area contributed by atoms with Crippen molar-refractivity contribution in [1.82, 2.24) is 15.1 Å². The second-order valence-electron chi connectivity index (χ2n) is 11.0. The number of nitrogens with one attached hydrogen (secondary N) is 1. The van der Waals surface area contributed by atoms with Crippen LogP contribution in [0, 0.1) is 16.7 Å². The Hall–Kier alpha value is -2.64. The summed E-state index contributed by atoms with van der Waals surface area (Å²) >= 11 is 0. The summed E-state index contributed by atoms with van der Waals surface area (Å²) in [4.78, 5) is 55.2. The van der Waals surface area contributed by atoms with Gasteiger partial charge in [-0.25, -0.2) is 0 Å². The summed E-state index contributed by atoms with van der Waals surface area (Å²) in [5.74, 6) is -0.635. The van der Waals surface area contributed by atoms with E-state index in [4.69, 9.17) is 4.42 Å². The van der Waals surface area contributed by atoms with Crippen molar-refractivity contribution in [2.24, 2.45) is 16.7 Å². The summed E-state index contributed by atoms with van der Waals surface area (Å²) < 4.78 is 5.32. The molecular formula is C24H35N3O5.